The fourth-order valence-corrected chi connectivity index (χ4v) is 2.27. The third-order valence-corrected chi connectivity index (χ3v) is 3.08. The van der Waals surface area contributed by atoms with E-state index < -0.39 is 0 Å². The summed E-state index contributed by atoms with van der Waals surface area (Å²) in [6.45, 7) is 1.25. The molecule has 0 aliphatic carbocycles. The van der Waals surface area contributed by atoms with Crippen LogP contribution in [0.5, 0.6) is 0 Å². The van der Waals surface area contributed by atoms with Crippen molar-refractivity contribution in [2.75, 3.05) is 18.2 Å². The monoisotopic (exact) mass is 227 g/mol. The molecule has 1 fully saturated rings. The van der Waals surface area contributed by atoms with Crippen molar-refractivity contribution in [1.82, 2.24) is 25.4 Å². The van der Waals surface area contributed by atoms with E-state index in [1.165, 1.54) is 6.33 Å². The van der Waals surface area contributed by atoms with Gasteiger partial charge in [-0.3, -0.25) is 14.8 Å². The van der Waals surface area contributed by atoms with Crippen molar-refractivity contribution >= 4 is 17.7 Å². The second-order valence-corrected chi connectivity index (χ2v) is 4.25. The first-order chi connectivity index (χ1) is 7.36. The summed E-state index contributed by atoms with van der Waals surface area (Å²) in [6, 6.07) is -0.0363. The van der Waals surface area contributed by atoms with Crippen molar-refractivity contribution in [3.05, 3.63) is 12.7 Å². The fourth-order valence-electron chi connectivity index (χ4n) is 1.33. The lowest BCUT2D eigenvalue weighted by atomic mass is 10.3. The molecule has 0 aromatic carbocycles. The third-order valence-electron chi connectivity index (χ3n) is 2.14. The van der Waals surface area contributed by atoms with Crippen molar-refractivity contribution in [1.29, 1.82) is 0 Å². The van der Waals surface area contributed by atoms with Crippen molar-refractivity contribution in [2.45, 2.75) is 12.6 Å². The van der Waals surface area contributed by atoms with Crippen LogP contribution in [0.1, 0.15) is 0 Å². The van der Waals surface area contributed by atoms with E-state index in [-0.39, 0.29) is 11.9 Å². The minimum Gasteiger partial charge on any atom is -0.353 e. The van der Waals surface area contributed by atoms with E-state index in [1.54, 1.807) is 22.8 Å². The standard InChI is InChI=1S/C8H13N5OS/c14-8(7-3-15-6-11-7)10-1-2-13-5-9-4-12-13/h4-5,7,11H,1-3,6H2,(H,10,14)/t7-/m1/s1. The van der Waals surface area contributed by atoms with Gasteiger partial charge in [-0.05, 0) is 0 Å². The summed E-state index contributed by atoms with van der Waals surface area (Å²) in [5, 5.41) is 9.92. The lowest BCUT2D eigenvalue weighted by Crippen LogP contribution is -2.43. The van der Waals surface area contributed by atoms with Gasteiger partial charge >= 0.3 is 0 Å². The zero-order valence-electron chi connectivity index (χ0n) is 8.22. The second-order valence-electron chi connectivity index (χ2n) is 3.22. The van der Waals surface area contributed by atoms with Crippen LogP contribution in [0.15, 0.2) is 12.7 Å². The van der Waals surface area contributed by atoms with E-state index in [0.717, 1.165) is 11.6 Å². The number of amides is 1. The Morgan fingerprint density at radius 1 is 1.73 bits per heavy atom. The van der Waals surface area contributed by atoms with E-state index in [2.05, 4.69) is 20.7 Å². The summed E-state index contributed by atoms with van der Waals surface area (Å²) in [6.07, 6.45) is 3.12. The Morgan fingerprint density at radius 2 is 2.67 bits per heavy atom. The van der Waals surface area contributed by atoms with Gasteiger partial charge in [0.05, 0.1) is 12.6 Å². The van der Waals surface area contributed by atoms with Crippen molar-refractivity contribution in [3.8, 4) is 0 Å². The largest absolute Gasteiger partial charge is 0.353 e. The molecule has 82 valence electrons. The molecule has 1 aromatic heterocycles. The summed E-state index contributed by atoms with van der Waals surface area (Å²) in [5.74, 6) is 1.79. The number of nitrogens with one attached hydrogen (secondary N) is 2. The molecule has 1 saturated heterocycles. The molecule has 7 heteroatoms. The fraction of sp³-hybridized carbons (Fsp3) is 0.625. The van der Waals surface area contributed by atoms with Gasteiger partial charge in [0.15, 0.2) is 0 Å². The molecule has 1 aliphatic heterocycles. The van der Waals surface area contributed by atoms with E-state index in [0.29, 0.717) is 13.1 Å². The van der Waals surface area contributed by atoms with E-state index in [4.69, 9.17) is 0 Å². The molecule has 1 atom stereocenters. The molecule has 1 aromatic rings. The maximum atomic E-state index is 11.5. The predicted molar refractivity (Wildman–Crippen MR) is 57.3 cm³/mol. The van der Waals surface area contributed by atoms with Gasteiger partial charge < -0.3 is 5.32 Å². The molecule has 0 radical (unpaired) electrons. The summed E-state index contributed by atoms with van der Waals surface area (Å²) in [4.78, 5) is 15.4. The Bertz CT molecular complexity index is 309. The van der Waals surface area contributed by atoms with Crippen molar-refractivity contribution in [2.24, 2.45) is 0 Å². The van der Waals surface area contributed by atoms with Crippen LogP contribution in [-0.4, -0.2) is 44.9 Å². The minimum atomic E-state index is -0.0363. The zero-order valence-corrected chi connectivity index (χ0v) is 9.04. The zero-order chi connectivity index (χ0) is 10.5. The summed E-state index contributed by atoms with van der Waals surface area (Å²) in [5.41, 5.74) is 0. The van der Waals surface area contributed by atoms with Crippen LogP contribution in [-0.2, 0) is 11.3 Å². The van der Waals surface area contributed by atoms with Crippen LogP contribution in [0.3, 0.4) is 0 Å². The van der Waals surface area contributed by atoms with Crippen LogP contribution < -0.4 is 10.6 Å². The first kappa shape index (κ1) is 10.4. The van der Waals surface area contributed by atoms with E-state index in [1.807, 2.05) is 0 Å². The lowest BCUT2D eigenvalue weighted by molar-refractivity contribution is -0.122. The molecule has 1 amide bonds. The third kappa shape index (κ3) is 2.93. The van der Waals surface area contributed by atoms with E-state index >= 15 is 0 Å². The van der Waals surface area contributed by atoms with Crippen LogP contribution >= 0.6 is 11.8 Å². The highest BCUT2D eigenvalue weighted by Gasteiger charge is 2.21. The highest BCUT2D eigenvalue weighted by atomic mass is 32.2. The van der Waals surface area contributed by atoms with Gasteiger partial charge in [0.2, 0.25) is 5.91 Å². The SMILES string of the molecule is O=C(NCCn1cncn1)[C@H]1CSCN1. The number of rotatable bonds is 4. The number of thioether (sulfide) groups is 1. The van der Waals surface area contributed by atoms with Crippen LogP contribution in [0.25, 0.3) is 0 Å². The van der Waals surface area contributed by atoms with Gasteiger partial charge in [0, 0.05) is 18.2 Å². The van der Waals surface area contributed by atoms with Gasteiger partial charge in [-0.15, -0.1) is 11.8 Å². The molecule has 0 saturated carbocycles. The van der Waals surface area contributed by atoms with Gasteiger partial charge in [0.25, 0.3) is 0 Å². The maximum Gasteiger partial charge on any atom is 0.238 e. The smallest absolute Gasteiger partial charge is 0.238 e. The average molecular weight is 227 g/mol. The average Bonchev–Trinajstić information content (AvgIpc) is 2.90. The van der Waals surface area contributed by atoms with Crippen molar-refractivity contribution < 1.29 is 4.79 Å². The number of carbonyl (C=O) groups excluding carboxylic acids is 1. The molecule has 0 bridgehead atoms. The predicted octanol–water partition coefficient (Wildman–Crippen LogP) is -0.943. The second kappa shape index (κ2) is 5.13. The molecule has 1 aliphatic rings. The van der Waals surface area contributed by atoms with Crippen LogP contribution in [0, 0.1) is 0 Å². The molecular formula is C8H13N5OS. The number of aromatic nitrogens is 3. The molecule has 0 unspecified atom stereocenters. The summed E-state index contributed by atoms with van der Waals surface area (Å²) in [7, 11) is 0. The normalized spacial score (nSPS) is 20.4. The van der Waals surface area contributed by atoms with Gasteiger partial charge in [-0.25, -0.2) is 4.98 Å². The molecule has 6 nitrogen and oxygen atoms in total. The molecule has 2 rings (SSSR count). The van der Waals surface area contributed by atoms with Crippen LogP contribution in [0.2, 0.25) is 0 Å². The molecule has 0 spiro atoms. The number of nitrogens with zero attached hydrogens (tertiary/aromatic N) is 3. The van der Waals surface area contributed by atoms with Crippen molar-refractivity contribution in [3.63, 3.8) is 0 Å². The van der Waals surface area contributed by atoms with Gasteiger partial charge in [-0.2, -0.15) is 5.10 Å². The highest BCUT2D eigenvalue weighted by molar-refractivity contribution is 7.99. The van der Waals surface area contributed by atoms with Crippen LogP contribution in [0.4, 0.5) is 0 Å². The number of carbonyl (C=O) groups is 1. The molecular weight excluding hydrogens is 214 g/mol. The lowest BCUT2D eigenvalue weighted by Gasteiger charge is -2.09. The Labute approximate surface area is 91.8 Å². The Kier molecular flexibility index (Phi) is 3.57. The highest BCUT2D eigenvalue weighted by Crippen LogP contribution is 2.08. The van der Waals surface area contributed by atoms with Gasteiger partial charge in [-0.1, -0.05) is 0 Å². The first-order valence-corrected chi connectivity index (χ1v) is 5.93. The maximum absolute atomic E-state index is 11.5. The molecule has 2 N–H and O–H groups in total. The summed E-state index contributed by atoms with van der Waals surface area (Å²) >= 11 is 1.74. The number of hydrogen-bond acceptors (Lipinski definition) is 5. The quantitative estimate of drug-likeness (QED) is 0.694. The molecule has 15 heavy (non-hydrogen) atoms. The topological polar surface area (TPSA) is 71.8 Å². The number of hydrogen-bond donors (Lipinski definition) is 2. The summed E-state index contributed by atoms with van der Waals surface area (Å²) < 4.78 is 1.69. The Balaban J connectivity index is 1.67. The molecule has 2 heterocycles. The Morgan fingerprint density at radius 3 is 3.33 bits per heavy atom. The first-order valence-electron chi connectivity index (χ1n) is 4.77. The van der Waals surface area contributed by atoms with Gasteiger partial charge in [0.1, 0.15) is 12.7 Å². The van der Waals surface area contributed by atoms with E-state index in [9.17, 15) is 4.79 Å². The Hall–Kier alpha value is -1.08. The minimum absolute atomic E-state index is 0.0363.